The quantitative estimate of drug-likeness (QED) is 0.552. The predicted molar refractivity (Wildman–Crippen MR) is 50.8 cm³/mol. The second-order valence-electron chi connectivity index (χ2n) is 3.31. The monoisotopic (exact) mass is 246 g/mol. The third-order valence-electron chi connectivity index (χ3n) is 2.15. The number of fused-ring (bicyclic) bond motifs is 1. The van der Waals surface area contributed by atoms with Crippen LogP contribution in [0.25, 0.3) is 11.0 Å². The molecule has 17 heavy (non-hydrogen) atoms. The topological polar surface area (TPSA) is 70.7 Å². The maximum absolute atomic E-state index is 12.6. The van der Waals surface area contributed by atoms with Gasteiger partial charge >= 0.3 is 11.8 Å². The van der Waals surface area contributed by atoms with Gasteiger partial charge in [-0.05, 0) is 6.07 Å². The summed E-state index contributed by atoms with van der Waals surface area (Å²) in [7, 11) is 0. The van der Waals surface area contributed by atoms with E-state index in [0.717, 1.165) is 6.07 Å². The molecule has 2 aromatic rings. The fraction of sp³-hybridized carbons (Fsp3) is 0.100. The minimum Gasteiger partial charge on any atom is -0.504 e. The SMILES string of the molecule is O=c1cc(C(F)(F)F)c2cc(O)c(O)cc2o1. The van der Waals surface area contributed by atoms with E-state index in [1.54, 1.807) is 0 Å². The summed E-state index contributed by atoms with van der Waals surface area (Å²) in [5.74, 6) is -1.39. The lowest BCUT2D eigenvalue weighted by molar-refractivity contribution is -0.136. The van der Waals surface area contributed by atoms with Gasteiger partial charge in [-0.3, -0.25) is 0 Å². The van der Waals surface area contributed by atoms with Crippen molar-refractivity contribution in [2.45, 2.75) is 6.18 Å². The van der Waals surface area contributed by atoms with E-state index in [0.29, 0.717) is 12.1 Å². The highest BCUT2D eigenvalue weighted by molar-refractivity contribution is 5.84. The average molecular weight is 246 g/mol. The van der Waals surface area contributed by atoms with Crippen LogP contribution >= 0.6 is 0 Å². The number of aromatic hydroxyl groups is 2. The number of phenolic OH excluding ortho intramolecular Hbond substituents is 2. The first-order valence-electron chi connectivity index (χ1n) is 4.36. The molecule has 1 aromatic heterocycles. The molecule has 7 heteroatoms. The zero-order valence-electron chi connectivity index (χ0n) is 8.08. The van der Waals surface area contributed by atoms with Crippen LogP contribution in [0.5, 0.6) is 11.5 Å². The molecule has 1 aromatic carbocycles. The molecule has 0 unspecified atom stereocenters. The van der Waals surface area contributed by atoms with Gasteiger partial charge in [0.1, 0.15) is 5.58 Å². The van der Waals surface area contributed by atoms with E-state index >= 15 is 0 Å². The molecule has 0 spiro atoms. The molecule has 0 fully saturated rings. The highest BCUT2D eigenvalue weighted by Gasteiger charge is 2.34. The Kier molecular flexibility index (Phi) is 2.27. The van der Waals surface area contributed by atoms with Crippen molar-refractivity contribution >= 4 is 11.0 Å². The van der Waals surface area contributed by atoms with Crippen molar-refractivity contribution in [3.8, 4) is 11.5 Å². The maximum atomic E-state index is 12.6. The van der Waals surface area contributed by atoms with Crippen molar-refractivity contribution in [1.82, 2.24) is 0 Å². The van der Waals surface area contributed by atoms with Gasteiger partial charge in [0, 0.05) is 17.5 Å². The van der Waals surface area contributed by atoms with Gasteiger partial charge in [0.2, 0.25) is 0 Å². The van der Waals surface area contributed by atoms with Crippen LogP contribution in [0.2, 0.25) is 0 Å². The minimum atomic E-state index is -4.75. The summed E-state index contributed by atoms with van der Waals surface area (Å²) < 4.78 is 42.3. The molecule has 90 valence electrons. The number of alkyl halides is 3. The first kappa shape index (κ1) is 11.3. The number of rotatable bonds is 0. The van der Waals surface area contributed by atoms with Gasteiger partial charge in [-0.1, -0.05) is 0 Å². The van der Waals surface area contributed by atoms with E-state index < -0.39 is 39.8 Å². The van der Waals surface area contributed by atoms with Crippen molar-refractivity contribution in [3.63, 3.8) is 0 Å². The Labute approximate surface area is 91.5 Å². The van der Waals surface area contributed by atoms with Crippen LogP contribution in [-0.2, 0) is 6.18 Å². The smallest absolute Gasteiger partial charge is 0.417 e. The van der Waals surface area contributed by atoms with Crippen molar-refractivity contribution in [3.05, 3.63) is 34.2 Å². The Morgan fingerprint density at radius 1 is 1.06 bits per heavy atom. The summed E-state index contributed by atoms with van der Waals surface area (Å²) in [4.78, 5) is 10.9. The Morgan fingerprint density at radius 2 is 1.65 bits per heavy atom. The second-order valence-corrected chi connectivity index (χ2v) is 3.31. The Balaban J connectivity index is 2.93. The molecular formula is C10H5F3O4. The van der Waals surface area contributed by atoms with Gasteiger partial charge in [-0.2, -0.15) is 13.2 Å². The fourth-order valence-corrected chi connectivity index (χ4v) is 1.42. The van der Waals surface area contributed by atoms with Gasteiger partial charge in [0.05, 0.1) is 5.56 Å². The molecule has 0 bridgehead atoms. The van der Waals surface area contributed by atoms with Gasteiger partial charge in [0.15, 0.2) is 11.5 Å². The van der Waals surface area contributed by atoms with Crippen molar-refractivity contribution in [1.29, 1.82) is 0 Å². The van der Waals surface area contributed by atoms with E-state index in [4.69, 9.17) is 10.2 Å². The summed E-state index contributed by atoms with van der Waals surface area (Å²) in [6.07, 6.45) is -4.75. The first-order valence-corrected chi connectivity index (χ1v) is 4.36. The number of phenols is 2. The first-order chi connectivity index (χ1) is 7.79. The molecular weight excluding hydrogens is 241 g/mol. The van der Waals surface area contributed by atoms with E-state index in [1.807, 2.05) is 0 Å². The van der Waals surface area contributed by atoms with Crippen LogP contribution in [0.15, 0.2) is 27.4 Å². The van der Waals surface area contributed by atoms with Crippen molar-refractivity contribution in [2.24, 2.45) is 0 Å². The van der Waals surface area contributed by atoms with E-state index in [1.165, 1.54) is 0 Å². The Bertz CT molecular complexity index is 642. The molecule has 2 N–H and O–H groups in total. The van der Waals surface area contributed by atoms with Crippen LogP contribution < -0.4 is 5.63 Å². The van der Waals surface area contributed by atoms with Crippen LogP contribution in [0.1, 0.15) is 5.56 Å². The standard InChI is InChI=1S/C10H5F3O4/c11-10(12,13)5-2-9(16)17-8-3-7(15)6(14)1-4(5)8/h1-3,14-15H. The highest BCUT2D eigenvalue weighted by atomic mass is 19.4. The largest absolute Gasteiger partial charge is 0.504 e. The third kappa shape index (κ3) is 1.91. The Hall–Kier alpha value is -2.18. The number of benzene rings is 1. The van der Waals surface area contributed by atoms with Crippen LogP contribution in [0.3, 0.4) is 0 Å². The summed E-state index contributed by atoms with van der Waals surface area (Å²) in [6, 6.07) is 1.73. The third-order valence-corrected chi connectivity index (χ3v) is 2.15. The zero-order valence-corrected chi connectivity index (χ0v) is 8.08. The fourth-order valence-electron chi connectivity index (χ4n) is 1.42. The van der Waals surface area contributed by atoms with E-state index in [9.17, 15) is 18.0 Å². The lowest BCUT2D eigenvalue weighted by atomic mass is 10.1. The van der Waals surface area contributed by atoms with Gasteiger partial charge in [-0.15, -0.1) is 0 Å². The molecule has 0 amide bonds. The zero-order chi connectivity index (χ0) is 12.8. The van der Waals surface area contributed by atoms with Crippen LogP contribution in [0.4, 0.5) is 13.2 Å². The molecule has 2 rings (SSSR count). The Morgan fingerprint density at radius 3 is 2.24 bits per heavy atom. The highest BCUT2D eigenvalue weighted by Crippen LogP contribution is 2.37. The van der Waals surface area contributed by atoms with Gasteiger partial charge in [-0.25, -0.2) is 4.79 Å². The van der Waals surface area contributed by atoms with Crippen LogP contribution in [0, 0.1) is 0 Å². The van der Waals surface area contributed by atoms with Crippen LogP contribution in [-0.4, -0.2) is 10.2 Å². The lowest BCUT2D eigenvalue weighted by Crippen LogP contribution is -2.10. The molecule has 0 aliphatic heterocycles. The molecule has 0 aliphatic rings. The van der Waals surface area contributed by atoms with Gasteiger partial charge < -0.3 is 14.6 Å². The molecule has 0 atom stereocenters. The van der Waals surface area contributed by atoms with Gasteiger partial charge in [0.25, 0.3) is 0 Å². The molecule has 4 nitrogen and oxygen atoms in total. The normalized spacial score (nSPS) is 11.9. The number of hydrogen-bond acceptors (Lipinski definition) is 4. The maximum Gasteiger partial charge on any atom is 0.417 e. The molecule has 0 aliphatic carbocycles. The van der Waals surface area contributed by atoms with E-state index in [2.05, 4.69) is 4.42 Å². The average Bonchev–Trinajstić information content (AvgIpc) is 2.18. The molecule has 0 radical (unpaired) electrons. The minimum absolute atomic E-state index is 0.290. The molecule has 0 saturated carbocycles. The van der Waals surface area contributed by atoms with Crippen molar-refractivity contribution in [2.75, 3.05) is 0 Å². The number of halogens is 3. The summed E-state index contributed by atoms with van der Waals surface area (Å²) in [5.41, 5.74) is -2.85. The molecule has 1 heterocycles. The summed E-state index contributed by atoms with van der Waals surface area (Å²) in [6.45, 7) is 0. The number of hydrogen-bond donors (Lipinski definition) is 2. The lowest BCUT2D eigenvalue weighted by Gasteiger charge is -2.09. The summed E-state index contributed by atoms with van der Waals surface area (Å²) >= 11 is 0. The predicted octanol–water partition coefficient (Wildman–Crippen LogP) is 2.22. The van der Waals surface area contributed by atoms with E-state index in [-0.39, 0.29) is 0 Å². The molecule has 0 saturated heterocycles. The summed E-state index contributed by atoms with van der Waals surface area (Å²) in [5, 5.41) is 17.8. The van der Waals surface area contributed by atoms with Crippen molar-refractivity contribution < 1.29 is 27.8 Å². The second kappa shape index (κ2) is 3.41.